The average Bonchev–Trinajstić information content (AvgIpc) is 2.26. The number of non-ortho nitro benzene ring substituents is 1. The number of nitrogen functional groups attached to an aromatic ring is 1. The number of amides is 1. The lowest BCUT2D eigenvalue weighted by Crippen LogP contribution is -2.42. The summed E-state index contributed by atoms with van der Waals surface area (Å²) in [4.78, 5) is 24.3. The molecule has 104 valence electrons. The summed E-state index contributed by atoms with van der Waals surface area (Å²) in [5, 5.41) is 10.8. The summed E-state index contributed by atoms with van der Waals surface area (Å²) in [7, 11) is 0. The molecule has 0 aliphatic rings. The fraction of sp³-hybridized carbons (Fsp3) is 0.462. The number of carbonyl (C=O) groups excluding carboxylic acids is 1. The van der Waals surface area contributed by atoms with Gasteiger partial charge in [0, 0.05) is 35.5 Å². The molecule has 0 bridgehead atoms. The minimum absolute atomic E-state index is 0.00740. The maximum atomic E-state index is 12.4. The third kappa shape index (κ3) is 3.43. The number of anilines is 1. The summed E-state index contributed by atoms with van der Waals surface area (Å²) < 4.78 is 0. The van der Waals surface area contributed by atoms with Crippen molar-refractivity contribution < 1.29 is 9.72 Å². The summed E-state index contributed by atoms with van der Waals surface area (Å²) in [5.41, 5.74) is 5.90. The predicted octanol–water partition coefficient (Wildman–Crippen LogP) is 2.44. The van der Waals surface area contributed by atoms with Crippen LogP contribution in [0.2, 0.25) is 0 Å². The molecule has 0 unspecified atom stereocenters. The number of nitro benzene ring substituents is 1. The lowest BCUT2D eigenvalue weighted by Gasteiger charge is -2.30. The van der Waals surface area contributed by atoms with Crippen LogP contribution in [0.4, 0.5) is 11.4 Å². The van der Waals surface area contributed by atoms with E-state index in [4.69, 9.17) is 5.73 Å². The molecule has 1 rings (SSSR count). The van der Waals surface area contributed by atoms with E-state index in [1.807, 2.05) is 27.7 Å². The van der Waals surface area contributed by atoms with Crippen molar-refractivity contribution in [3.05, 3.63) is 33.9 Å². The van der Waals surface area contributed by atoms with Crippen LogP contribution in [0.3, 0.4) is 0 Å². The van der Waals surface area contributed by atoms with E-state index in [9.17, 15) is 14.9 Å². The van der Waals surface area contributed by atoms with E-state index in [0.717, 1.165) is 0 Å². The first-order valence-corrected chi connectivity index (χ1v) is 6.11. The Morgan fingerprint density at radius 1 is 1.21 bits per heavy atom. The second-order valence-electron chi connectivity index (χ2n) is 4.97. The van der Waals surface area contributed by atoms with Gasteiger partial charge in [-0.2, -0.15) is 0 Å². The van der Waals surface area contributed by atoms with Gasteiger partial charge in [0.2, 0.25) is 0 Å². The Bertz CT molecular complexity index is 490. The molecule has 6 nitrogen and oxygen atoms in total. The Labute approximate surface area is 112 Å². The summed E-state index contributed by atoms with van der Waals surface area (Å²) in [5.74, 6) is -0.250. The molecule has 0 saturated heterocycles. The van der Waals surface area contributed by atoms with Crippen LogP contribution in [0.5, 0.6) is 0 Å². The van der Waals surface area contributed by atoms with Gasteiger partial charge in [-0.3, -0.25) is 14.9 Å². The second kappa shape index (κ2) is 5.69. The van der Waals surface area contributed by atoms with Crippen molar-refractivity contribution >= 4 is 17.3 Å². The molecule has 0 radical (unpaired) electrons. The fourth-order valence-corrected chi connectivity index (χ4v) is 2.08. The van der Waals surface area contributed by atoms with Gasteiger partial charge < -0.3 is 10.6 Å². The molecule has 1 aromatic rings. The van der Waals surface area contributed by atoms with E-state index in [2.05, 4.69) is 0 Å². The van der Waals surface area contributed by atoms with Crippen molar-refractivity contribution in [3.63, 3.8) is 0 Å². The standard InChI is InChI=1S/C13H19N3O3/c1-8(2)15(9(3)4)13(17)10-5-11(14)7-12(6-10)16(18)19/h5-9H,14H2,1-4H3. The summed E-state index contributed by atoms with van der Waals surface area (Å²) in [6.45, 7) is 7.61. The molecule has 0 atom stereocenters. The Morgan fingerprint density at radius 3 is 2.16 bits per heavy atom. The molecule has 0 aromatic heterocycles. The summed E-state index contributed by atoms with van der Waals surface area (Å²) in [6, 6.07) is 3.98. The van der Waals surface area contributed by atoms with Gasteiger partial charge in [-0.25, -0.2) is 0 Å². The number of nitrogens with two attached hydrogens (primary N) is 1. The maximum absolute atomic E-state index is 12.4. The van der Waals surface area contributed by atoms with Gasteiger partial charge in [0.25, 0.3) is 11.6 Å². The van der Waals surface area contributed by atoms with Gasteiger partial charge in [-0.05, 0) is 33.8 Å². The average molecular weight is 265 g/mol. The highest BCUT2D eigenvalue weighted by Gasteiger charge is 2.23. The maximum Gasteiger partial charge on any atom is 0.272 e. The SMILES string of the molecule is CC(C)N(C(=O)c1cc(N)cc([N+](=O)[O-])c1)C(C)C. The van der Waals surface area contributed by atoms with Crippen LogP contribution in [-0.2, 0) is 0 Å². The third-order valence-corrected chi connectivity index (χ3v) is 2.75. The van der Waals surface area contributed by atoms with Crippen molar-refractivity contribution in [2.45, 2.75) is 39.8 Å². The number of benzene rings is 1. The van der Waals surface area contributed by atoms with Crippen LogP contribution in [0.1, 0.15) is 38.1 Å². The zero-order valence-corrected chi connectivity index (χ0v) is 11.6. The van der Waals surface area contributed by atoms with E-state index < -0.39 is 4.92 Å². The van der Waals surface area contributed by atoms with Gasteiger partial charge >= 0.3 is 0 Å². The molecule has 6 heteroatoms. The van der Waals surface area contributed by atoms with Crippen molar-refractivity contribution in [2.75, 3.05) is 5.73 Å². The zero-order chi connectivity index (χ0) is 14.7. The van der Waals surface area contributed by atoms with Crippen LogP contribution in [0.25, 0.3) is 0 Å². The first-order valence-electron chi connectivity index (χ1n) is 6.11. The van der Waals surface area contributed by atoms with E-state index >= 15 is 0 Å². The first-order chi connectivity index (χ1) is 8.73. The number of hydrogen-bond donors (Lipinski definition) is 1. The van der Waals surface area contributed by atoms with Crippen molar-refractivity contribution in [3.8, 4) is 0 Å². The highest BCUT2D eigenvalue weighted by atomic mass is 16.6. The lowest BCUT2D eigenvalue weighted by atomic mass is 10.1. The van der Waals surface area contributed by atoms with Gasteiger partial charge in [0.1, 0.15) is 0 Å². The first kappa shape index (κ1) is 14.9. The van der Waals surface area contributed by atoms with Crippen LogP contribution in [0, 0.1) is 10.1 Å². The molecule has 2 N–H and O–H groups in total. The number of carbonyl (C=O) groups is 1. The number of rotatable bonds is 4. The molecule has 0 aliphatic heterocycles. The Kier molecular flexibility index (Phi) is 4.47. The fourth-order valence-electron chi connectivity index (χ4n) is 2.08. The van der Waals surface area contributed by atoms with Gasteiger partial charge in [0.05, 0.1) is 4.92 Å². The monoisotopic (exact) mass is 265 g/mol. The van der Waals surface area contributed by atoms with E-state index in [0.29, 0.717) is 0 Å². The van der Waals surface area contributed by atoms with E-state index in [1.54, 1.807) is 4.90 Å². The Balaban J connectivity index is 3.21. The smallest absolute Gasteiger partial charge is 0.272 e. The lowest BCUT2D eigenvalue weighted by molar-refractivity contribution is -0.384. The van der Waals surface area contributed by atoms with Crippen molar-refractivity contribution in [1.82, 2.24) is 4.90 Å². The van der Waals surface area contributed by atoms with Crippen LogP contribution >= 0.6 is 0 Å². The molecule has 1 aromatic carbocycles. The minimum Gasteiger partial charge on any atom is -0.399 e. The third-order valence-electron chi connectivity index (χ3n) is 2.75. The molecule has 0 spiro atoms. The summed E-state index contributed by atoms with van der Waals surface area (Å²) in [6.07, 6.45) is 0. The molecule has 19 heavy (non-hydrogen) atoms. The summed E-state index contributed by atoms with van der Waals surface area (Å²) >= 11 is 0. The van der Waals surface area contributed by atoms with Gasteiger partial charge in [-0.15, -0.1) is 0 Å². The van der Waals surface area contributed by atoms with Gasteiger partial charge in [-0.1, -0.05) is 0 Å². The molecule has 1 amide bonds. The van der Waals surface area contributed by atoms with Crippen LogP contribution in [0.15, 0.2) is 18.2 Å². The Morgan fingerprint density at radius 2 is 1.74 bits per heavy atom. The van der Waals surface area contributed by atoms with Crippen LogP contribution in [-0.4, -0.2) is 27.8 Å². The highest BCUT2D eigenvalue weighted by molar-refractivity contribution is 5.96. The van der Waals surface area contributed by atoms with E-state index in [-0.39, 0.29) is 34.9 Å². The topological polar surface area (TPSA) is 89.5 Å². The van der Waals surface area contributed by atoms with Gasteiger partial charge in [0.15, 0.2) is 0 Å². The predicted molar refractivity (Wildman–Crippen MR) is 74.0 cm³/mol. The largest absolute Gasteiger partial charge is 0.399 e. The number of nitro groups is 1. The van der Waals surface area contributed by atoms with Crippen molar-refractivity contribution in [1.29, 1.82) is 0 Å². The highest BCUT2D eigenvalue weighted by Crippen LogP contribution is 2.21. The Hall–Kier alpha value is -2.11. The molecule has 0 fully saturated rings. The number of nitrogens with zero attached hydrogens (tertiary/aromatic N) is 2. The zero-order valence-electron chi connectivity index (χ0n) is 11.6. The quantitative estimate of drug-likeness (QED) is 0.514. The van der Waals surface area contributed by atoms with E-state index in [1.165, 1.54) is 18.2 Å². The van der Waals surface area contributed by atoms with Crippen molar-refractivity contribution in [2.24, 2.45) is 0 Å². The van der Waals surface area contributed by atoms with Crippen LogP contribution < -0.4 is 5.73 Å². The molecule has 0 aliphatic carbocycles. The normalized spacial score (nSPS) is 10.8. The molecule has 0 saturated carbocycles. The minimum atomic E-state index is -0.553. The number of hydrogen-bond acceptors (Lipinski definition) is 4. The molecular weight excluding hydrogens is 246 g/mol. The molecular formula is C13H19N3O3. The second-order valence-corrected chi connectivity index (χ2v) is 4.97. The molecule has 0 heterocycles.